The fraction of sp³-hybridized carbons (Fsp3) is 0.158. The van der Waals surface area contributed by atoms with E-state index in [1.807, 2.05) is 6.07 Å². The molecule has 1 amide bonds. The second-order valence-corrected chi connectivity index (χ2v) is 5.85. The van der Waals surface area contributed by atoms with Gasteiger partial charge in [-0.05, 0) is 23.8 Å². The summed E-state index contributed by atoms with van der Waals surface area (Å²) in [6.07, 6.45) is 0. The van der Waals surface area contributed by atoms with Gasteiger partial charge in [0.05, 0.1) is 23.6 Å². The number of amides is 1. The second-order valence-electron chi connectivity index (χ2n) is 5.85. The number of aliphatic hydroxyl groups excluding tert-OH is 1. The number of rotatable bonds is 3. The van der Waals surface area contributed by atoms with Crippen LogP contribution in [0.3, 0.4) is 0 Å². The Hall–Kier alpha value is -2.99. The van der Waals surface area contributed by atoms with Crippen LogP contribution in [0.1, 0.15) is 27.7 Å². The number of halogens is 1. The van der Waals surface area contributed by atoms with Crippen LogP contribution >= 0.6 is 0 Å². The zero-order chi connectivity index (χ0) is 17.6. The minimum absolute atomic E-state index is 0.0496. The summed E-state index contributed by atoms with van der Waals surface area (Å²) in [7, 11) is 0. The molecular weight excluding hydrogens is 325 g/mol. The summed E-state index contributed by atoms with van der Waals surface area (Å²) in [5.41, 5.74) is 0.642. The van der Waals surface area contributed by atoms with Crippen molar-refractivity contribution >= 4 is 16.9 Å². The van der Waals surface area contributed by atoms with Crippen LogP contribution in [0.25, 0.3) is 11.0 Å². The van der Waals surface area contributed by atoms with Crippen LogP contribution in [0, 0.1) is 5.82 Å². The van der Waals surface area contributed by atoms with Crippen molar-refractivity contribution in [2.45, 2.75) is 6.04 Å². The van der Waals surface area contributed by atoms with E-state index in [4.69, 9.17) is 4.42 Å². The highest BCUT2D eigenvalue weighted by molar-refractivity contribution is 5.99. The SMILES string of the molecule is O=C1c2oc3ccc(F)cc3c(=O)c2[C@H](c2ccccc2)N1CCO. The van der Waals surface area contributed by atoms with Gasteiger partial charge < -0.3 is 14.4 Å². The molecule has 0 spiro atoms. The molecule has 3 aromatic rings. The molecule has 1 aromatic heterocycles. The Morgan fingerprint density at radius 2 is 1.88 bits per heavy atom. The van der Waals surface area contributed by atoms with Gasteiger partial charge in [-0.3, -0.25) is 9.59 Å². The fourth-order valence-corrected chi connectivity index (χ4v) is 3.31. The number of carbonyl (C=O) groups is 1. The summed E-state index contributed by atoms with van der Waals surface area (Å²) in [5.74, 6) is -1.06. The van der Waals surface area contributed by atoms with Gasteiger partial charge in [0.25, 0.3) is 5.91 Å². The van der Waals surface area contributed by atoms with Gasteiger partial charge in [-0.1, -0.05) is 30.3 Å². The van der Waals surface area contributed by atoms with Crippen molar-refractivity contribution < 1.29 is 18.7 Å². The summed E-state index contributed by atoms with van der Waals surface area (Å²) in [6.45, 7) is -0.182. The highest BCUT2D eigenvalue weighted by Crippen LogP contribution is 2.37. The van der Waals surface area contributed by atoms with Gasteiger partial charge in [-0.2, -0.15) is 0 Å². The first-order valence-electron chi connectivity index (χ1n) is 7.85. The van der Waals surface area contributed by atoms with Crippen LogP contribution in [0.2, 0.25) is 0 Å². The summed E-state index contributed by atoms with van der Waals surface area (Å²) in [4.78, 5) is 27.1. The molecule has 25 heavy (non-hydrogen) atoms. The van der Waals surface area contributed by atoms with Gasteiger partial charge in [-0.25, -0.2) is 4.39 Å². The Morgan fingerprint density at radius 3 is 2.60 bits per heavy atom. The van der Waals surface area contributed by atoms with Gasteiger partial charge in [0, 0.05) is 6.54 Å². The molecule has 0 unspecified atom stereocenters. The van der Waals surface area contributed by atoms with Gasteiger partial charge in [-0.15, -0.1) is 0 Å². The van der Waals surface area contributed by atoms with E-state index in [2.05, 4.69) is 0 Å². The predicted octanol–water partition coefficient (Wildman–Crippen LogP) is 2.47. The van der Waals surface area contributed by atoms with Crippen molar-refractivity contribution in [2.24, 2.45) is 0 Å². The molecule has 0 aliphatic carbocycles. The van der Waals surface area contributed by atoms with E-state index in [0.717, 1.165) is 11.6 Å². The Kier molecular flexibility index (Phi) is 3.62. The van der Waals surface area contributed by atoms with Crippen molar-refractivity contribution in [3.8, 4) is 0 Å². The van der Waals surface area contributed by atoms with Crippen LogP contribution in [-0.4, -0.2) is 29.1 Å². The van der Waals surface area contributed by atoms with E-state index < -0.39 is 23.2 Å². The molecular formula is C19H14FNO4. The lowest BCUT2D eigenvalue weighted by Crippen LogP contribution is -2.32. The normalized spacial score (nSPS) is 16.5. The van der Waals surface area contributed by atoms with E-state index in [9.17, 15) is 19.1 Å². The molecule has 0 saturated carbocycles. The molecule has 126 valence electrons. The zero-order valence-corrected chi connectivity index (χ0v) is 13.1. The third-order valence-electron chi connectivity index (χ3n) is 4.38. The molecule has 0 saturated heterocycles. The second kappa shape index (κ2) is 5.82. The highest BCUT2D eigenvalue weighted by Gasteiger charge is 2.42. The number of β-amino-alcohol motifs (C(OH)–C–C–N with tert-alkyl or cyclic N) is 1. The molecule has 5 nitrogen and oxygen atoms in total. The average Bonchev–Trinajstić information content (AvgIpc) is 2.90. The third-order valence-corrected chi connectivity index (χ3v) is 4.38. The fourth-order valence-electron chi connectivity index (χ4n) is 3.31. The molecule has 0 bridgehead atoms. The Morgan fingerprint density at radius 1 is 1.12 bits per heavy atom. The van der Waals surface area contributed by atoms with E-state index in [1.54, 1.807) is 24.3 Å². The Balaban J connectivity index is 2.03. The van der Waals surface area contributed by atoms with Crippen molar-refractivity contribution in [2.75, 3.05) is 13.2 Å². The molecule has 2 aromatic carbocycles. The Bertz CT molecular complexity index is 1030. The lowest BCUT2D eigenvalue weighted by molar-refractivity contribution is 0.0691. The molecule has 1 aliphatic rings. The zero-order valence-electron chi connectivity index (χ0n) is 13.1. The molecule has 1 N–H and O–H groups in total. The number of carbonyl (C=O) groups excluding carboxylic acids is 1. The van der Waals surface area contributed by atoms with Gasteiger partial charge in [0.1, 0.15) is 11.4 Å². The molecule has 6 heteroatoms. The molecule has 1 aliphatic heterocycles. The summed E-state index contributed by atoms with van der Waals surface area (Å²) in [5, 5.41) is 9.43. The Labute approximate surface area is 141 Å². The quantitative estimate of drug-likeness (QED) is 0.796. The summed E-state index contributed by atoms with van der Waals surface area (Å²) < 4.78 is 19.2. The number of nitrogens with zero attached hydrogens (tertiary/aromatic N) is 1. The lowest BCUT2D eigenvalue weighted by Gasteiger charge is -2.24. The standard InChI is InChI=1S/C19H14FNO4/c20-12-6-7-14-13(10-12)17(23)15-16(11-4-2-1-3-5-11)21(8-9-22)19(24)18(15)25-14/h1-7,10,16,22H,8-9H2/t16-/m0/s1. The monoisotopic (exact) mass is 339 g/mol. The minimum Gasteiger partial charge on any atom is -0.450 e. The first-order valence-corrected chi connectivity index (χ1v) is 7.85. The third kappa shape index (κ3) is 2.34. The van der Waals surface area contributed by atoms with Crippen molar-refractivity contribution in [3.63, 3.8) is 0 Å². The van der Waals surface area contributed by atoms with Gasteiger partial charge in [0.15, 0.2) is 5.43 Å². The number of hydrogen-bond donors (Lipinski definition) is 1. The number of fused-ring (bicyclic) bond motifs is 2. The molecule has 4 rings (SSSR count). The number of hydrogen-bond acceptors (Lipinski definition) is 4. The average molecular weight is 339 g/mol. The highest BCUT2D eigenvalue weighted by atomic mass is 19.1. The lowest BCUT2D eigenvalue weighted by atomic mass is 9.98. The van der Waals surface area contributed by atoms with Crippen LogP contribution in [0.5, 0.6) is 0 Å². The van der Waals surface area contributed by atoms with E-state index in [0.29, 0.717) is 0 Å². The smallest absolute Gasteiger partial charge is 0.290 e. The van der Waals surface area contributed by atoms with Crippen LogP contribution < -0.4 is 5.43 Å². The minimum atomic E-state index is -0.667. The van der Waals surface area contributed by atoms with Crippen LogP contribution in [-0.2, 0) is 0 Å². The summed E-state index contributed by atoms with van der Waals surface area (Å²) in [6, 6.07) is 12.0. The van der Waals surface area contributed by atoms with E-state index in [-0.39, 0.29) is 35.4 Å². The van der Waals surface area contributed by atoms with Gasteiger partial charge >= 0.3 is 0 Å². The molecule has 1 atom stereocenters. The van der Waals surface area contributed by atoms with Crippen molar-refractivity contribution in [3.05, 3.63) is 81.5 Å². The van der Waals surface area contributed by atoms with Crippen molar-refractivity contribution in [1.82, 2.24) is 4.90 Å². The predicted molar refractivity (Wildman–Crippen MR) is 88.8 cm³/mol. The largest absolute Gasteiger partial charge is 0.450 e. The number of aliphatic hydroxyl groups is 1. The molecule has 0 radical (unpaired) electrons. The number of benzene rings is 2. The van der Waals surface area contributed by atoms with Crippen LogP contribution in [0.15, 0.2) is 57.7 Å². The topological polar surface area (TPSA) is 70.8 Å². The first-order chi connectivity index (χ1) is 12.1. The molecule has 0 fully saturated rings. The maximum Gasteiger partial charge on any atom is 0.290 e. The molecule has 2 heterocycles. The maximum atomic E-state index is 13.6. The van der Waals surface area contributed by atoms with E-state index >= 15 is 0 Å². The summed E-state index contributed by atoms with van der Waals surface area (Å²) >= 11 is 0. The van der Waals surface area contributed by atoms with Crippen LogP contribution in [0.4, 0.5) is 4.39 Å². The van der Waals surface area contributed by atoms with E-state index in [1.165, 1.54) is 17.0 Å². The first kappa shape index (κ1) is 15.5. The van der Waals surface area contributed by atoms with Gasteiger partial charge in [0.2, 0.25) is 5.76 Å². The maximum absolute atomic E-state index is 13.6. The van der Waals surface area contributed by atoms with Crippen molar-refractivity contribution in [1.29, 1.82) is 0 Å².